The van der Waals surface area contributed by atoms with Crippen molar-refractivity contribution < 1.29 is 18.7 Å². The largest absolute Gasteiger partial charge is 0.494 e. The minimum atomic E-state index is -0.785. The number of urea groups is 1. The van der Waals surface area contributed by atoms with Crippen LogP contribution in [-0.2, 0) is 11.3 Å². The van der Waals surface area contributed by atoms with Gasteiger partial charge in [-0.2, -0.15) is 0 Å². The molecule has 3 rings (SSSR count). The van der Waals surface area contributed by atoms with Crippen LogP contribution >= 0.6 is 0 Å². The molecule has 3 N–H and O–H groups in total. The van der Waals surface area contributed by atoms with E-state index >= 15 is 0 Å². The topological polar surface area (TPSA) is 87.9 Å². The molecular weight excluding hydrogens is 327 g/mol. The van der Waals surface area contributed by atoms with Gasteiger partial charge in [0.05, 0.1) is 7.11 Å². The molecule has 2 fully saturated rings. The minimum absolute atomic E-state index is 0.0542. The predicted molar refractivity (Wildman–Crippen MR) is 89.5 cm³/mol. The van der Waals surface area contributed by atoms with Crippen LogP contribution in [0.25, 0.3) is 0 Å². The quantitative estimate of drug-likeness (QED) is 0.817. The van der Waals surface area contributed by atoms with Crippen molar-refractivity contribution in [2.75, 3.05) is 33.3 Å². The van der Waals surface area contributed by atoms with Crippen LogP contribution in [0.2, 0.25) is 0 Å². The van der Waals surface area contributed by atoms with Gasteiger partial charge in [0.25, 0.3) is 0 Å². The first-order valence-corrected chi connectivity index (χ1v) is 8.35. The summed E-state index contributed by atoms with van der Waals surface area (Å²) in [6.07, 6.45) is 1.28. The van der Waals surface area contributed by atoms with E-state index in [0.717, 1.165) is 5.56 Å². The molecule has 0 radical (unpaired) electrons. The molecule has 0 atom stereocenters. The summed E-state index contributed by atoms with van der Waals surface area (Å²) >= 11 is 0. The molecule has 1 heterocycles. The molecule has 7 nitrogen and oxygen atoms in total. The number of carbonyl (C=O) groups is 2. The number of piperazine rings is 1. The zero-order valence-electron chi connectivity index (χ0n) is 14.3. The van der Waals surface area contributed by atoms with Crippen molar-refractivity contribution in [1.82, 2.24) is 15.1 Å². The maximum Gasteiger partial charge on any atom is 0.313 e. The number of methoxy groups -OCH3 is 1. The van der Waals surface area contributed by atoms with E-state index in [9.17, 15) is 14.0 Å². The first-order chi connectivity index (χ1) is 11.9. The van der Waals surface area contributed by atoms with E-state index < -0.39 is 11.6 Å². The Morgan fingerprint density at radius 1 is 1.28 bits per heavy atom. The average molecular weight is 350 g/mol. The second-order valence-electron chi connectivity index (χ2n) is 6.61. The van der Waals surface area contributed by atoms with Gasteiger partial charge in [-0.3, -0.25) is 9.69 Å². The zero-order chi connectivity index (χ0) is 18.0. The van der Waals surface area contributed by atoms with E-state index in [1.54, 1.807) is 11.0 Å². The SMILES string of the molecule is COc1ccc(CN2CCN(C(=O)C3(NC(N)=O)CC3)CC2)cc1F. The van der Waals surface area contributed by atoms with Crippen molar-refractivity contribution in [1.29, 1.82) is 0 Å². The summed E-state index contributed by atoms with van der Waals surface area (Å²) in [6, 6.07) is 4.28. The molecule has 1 aliphatic heterocycles. The number of nitrogens with one attached hydrogen (secondary N) is 1. The van der Waals surface area contributed by atoms with Crippen LogP contribution in [0, 0.1) is 5.82 Å². The number of primary amides is 1. The van der Waals surface area contributed by atoms with Crippen LogP contribution in [0.3, 0.4) is 0 Å². The van der Waals surface area contributed by atoms with Gasteiger partial charge in [0.1, 0.15) is 5.54 Å². The highest BCUT2D eigenvalue weighted by atomic mass is 19.1. The second kappa shape index (κ2) is 6.87. The van der Waals surface area contributed by atoms with E-state index in [2.05, 4.69) is 10.2 Å². The third kappa shape index (κ3) is 3.84. The van der Waals surface area contributed by atoms with E-state index in [0.29, 0.717) is 45.6 Å². The van der Waals surface area contributed by atoms with Crippen LogP contribution in [0.15, 0.2) is 18.2 Å². The summed E-state index contributed by atoms with van der Waals surface area (Å²) in [5.74, 6) is -0.195. The number of rotatable bonds is 5. The summed E-state index contributed by atoms with van der Waals surface area (Å²) in [6.45, 7) is 3.19. The lowest BCUT2D eigenvalue weighted by Crippen LogP contribution is -2.56. The molecule has 1 aromatic rings. The van der Waals surface area contributed by atoms with Crippen LogP contribution in [0.1, 0.15) is 18.4 Å². The molecule has 25 heavy (non-hydrogen) atoms. The van der Waals surface area contributed by atoms with Gasteiger partial charge < -0.3 is 20.7 Å². The van der Waals surface area contributed by atoms with Gasteiger partial charge in [0, 0.05) is 32.7 Å². The molecule has 0 aromatic heterocycles. The number of benzene rings is 1. The van der Waals surface area contributed by atoms with Crippen molar-refractivity contribution in [3.63, 3.8) is 0 Å². The van der Waals surface area contributed by atoms with Gasteiger partial charge in [0.2, 0.25) is 5.91 Å². The molecule has 0 spiro atoms. The standard InChI is InChI=1S/C17H23FN4O3/c1-25-14-3-2-12(10-13(14)18)11-21-6-8-22(9-7-21)15(23)17(4-5-17)20-16(19)24/h2-3,10H,4-9,11H2,1H3,(H3,19,20,24). The summed E-state index contributed by atoms with van der Waals surface area (Å²) in [4.78, 5) is 27.6. The van der Waals surface area contributed by atoms with Crippen molar-refractivity contribution in [2.24, 2.45) is 5.73 Å². The van der Waals surface area contributed by atoms with Gasteiger partial charge in [0.15, 0.2) is 11.6 Å². The summed E-state index contributed by atoms with van der Waals surface area (Å²) in [5.41, 5.74) is 5.24. The maximum absolute atomic E-state index is 13.8. The molecule has 1 aromatic carbocycles. The number of halogens is 1. The highest BCUT2D eigenvalue weighted by molar-refractivity contribution is 5.93. The van der Waals surface area contributed by atoms with Crippen LogP contribution in [0.4, 0.5) is 9.18 Å². The second-order valence-corrected chi connectivity index (χ2v) is 6.61. The smallest absolute Gasteiger partial charge is 0.313 e. The Labute approximate surface area is 145 Å². The Morgan fingerprint density at radius 3 is 2.48 bits per heavy atom. The number of nitrogens with two attached hydrogens (primary N) is 1. The number of carbonyl (C=O) groups excluding carboxylic acids is 2. The van der Waals surface area contributed by atoms with E-state index in [4.69, 9.17) is 10.5 Å². The molecule has 1 saturated heterocycles. The van der Waals surface area contributed by atoms with E-state index in [-0.39, 0.29) is 17.5 Å². The fourth-order valence-corrected chi connectivity index (χ4v) is 3.23. The van der Waals surface area contributed by atoms with Gasteiger partial charge in [-0.15, -0.1) is 0 Å². The van der Waals surface area contributed by atoms with Crippen LogP contribution in [0.5, 0.6) is 5.75 Å². The van der Waals surface area contributed by atoms with Gasteiger partial charge >= 0.3 is 6.03 Å². The summed E-state index contributed by atoms with van der Waals surface area (Å²) in [5, 5.41) is 2.58. The molecular formula is C17H23FN4O3. The lowest BCUT2D eigenvalue weighted by Gasteiger charge is -2.36. The molecule has 1 saturated carbocycles. The van der Waals surface area contributed by atoms with Crippen LogP contribution < -0.4 is 15.8 Å². The van der Waals surface area contributed by atoms with Crippen molar-refractivity contribution in [3.8, 4) is 5.75 Å². The Balaban J connectivity index is 1.53. The van der Waals surface area contributed by atoms with Gasteiger partial charge in [-0.05, 0) is 30.5 Å². The van der Waals surface area contributed by atoms with Crippen molar-refractivity contribution in [2.45, 2.75) is 24.9 Å². The number of nitrogens with zero attached hydrogens (tertiary/aromatic N) is 2. The molecule has 1 aliphatic carbocycles. The van der Waals surface area contributed by atoms with Crippen LogP contribution in [-0.4, -0.2) is 60.6 Å². The molecule has 0 bridgehead atoms. The average Bonchev–Trinajstić information content (AvgIpc) is 3.35. The third-order valence-electron chi connectivity index (χ3n) is 4.80. The summed E-state index contributed by atoms with van der Waals surface area (Å²) < 4.78 is 18.7. The number of ether oxygens (including phenoxy) is 1. The van der Waals surface area contributed by atoms with Crippen molar-refractivity contribution >= 4 is 11.9 Å². The Hall–Kier alpha value is -2.35. The lowest BCUT2D eigenvalue weighted by molar-refractivity contribution is -0.136. The maximum atomic E-state index is 13.8. The fourth-order valence-electron chi connectivity index (χ4n) is 3.23. The molecule has 3 amide bonds. The number of hydrogen-bond donors (Lipinski definition) is 2. The number of amides is 3. The number of hydrogen-bond acceptors (Lipinski definition) is 4. The van der Waals surface area contributed by atoms with E-state index in [1.165, 1.54) is 13.2 Å². The highest BCUT2D eigenvalue weighted by Crippen LogP contribution is 2.37. The molecule has 0 unspecified atom stereocenters. The lowest BCUT2D eigenvalue weighted by atomic mass is 10.1. The minimum Gasteiger partial charge on any atom is -0.494 e. The molecule has 8 heteroatoms. The fraction of sp³-hybridized carbons (Fsp3) is 0.529. The highest BCUT2D eigenvalue weighted by Gasteiger charge is 2.53. The Bertz CT molecular complexity index is 670. The first kappa shape index (κ1) is 17.5. The normalized spacial score (nSPS) is 19.4. The predicted octanol–water partition coefficient (Wildman–Crippen LogP) is 0.679. The van der Waals surface area contributed by atoms with E-state index in [1.807, 2.05) is 6.07 Å². The van der Waals surface area contributed by atoms with Gasteiger partial charge in [-0.25, -0.2) is 9.18 Å². The Kier molecular flexibility index (Phi) is 4.80. The third-order valence-corrected chi connectivity index (χ3v) is 4.80. The monoisotopic (exact) mass is 350 g/mol. The molecule has 2 aliphatic rings. The zero-order valence-corrected chi connectivity index (χ0v) is 14.3. The Morgan fingerprint density at radius 2 is 1.96 bits per heavy atom. The summed E-state index contributed by atoms with van der Waals surface area (Å²) in [7, 11) is 1.44. The molecule has 136 valence electrons. The van der Waals surface area contributed by atoms with Gasteiger partial charge in [-0.1, -0.05) is 6.07 Å². The first-order valence-electron chi connectivity index (χ1n) is 8.35. The van der Waals surface area contributed by atoms with Crippen molar-refractivity contribution in [3.05, 3.63) is 29.6 Å².